The minimum atomic E-state index is -0.125. The molecular formula is C31H40FN3O2. The number of amides is 1. The van der Waals surface area contributed by atoms with Crippen molar-refractivity contribution in [2.75, 3.05) is 37.7 Å². The van der Waals surface area contributed by atoms with E-state index in [1.807, 2.05) is 24.8 Å². The zero-order chi connectivity index (χ0) is 25.6. The van der Waals surface area contributed by atoms with Crippen LogP contribution in [0.2, 0.25) is 0 Å². The molecule has 6 heteroatoms. The first-order chi connectivity index (χ1) is 18.0. The van der Waals surface area contributed by atoms with Crippen molar-refractivity contribution in [2.45, 2.75) is 76.4 Å². The monoisotopic (exact) mass is 505 g/mol. The molecule has 2 aromatic carbocycles. The molecule has 5 nitrogen and oxygen atoms in total. The number of halogens is 1. The van der Waals surface area contributed by atoms with Crippen molar-refractivity contribution >= 4 is 11.8 Å². The fourth-order valence-electron chi connectivity index (χ4n) is 7.66. The van der Waals surface area contributed by atoms with Gasteiger partial charge in [0, 0.05) is 42.8 Å². The second-order valence-corrected chi connectivity index (χ2v) is 11.8. The van der Waals surface area contributed by atoms with E-state index in [4.69, 9.17) is 4.74 Å². The molecule has 37 heavy (non-hydrogen) atoms. The summed E-state index contributed by atoms with van der Waals surface area (Å²) in [5.74, 6) is 0.450. The molecule has 0 aromatic heterocycles. The summed E-state index contributed by atoms with van der Waals surface area (Å²) < 4.78 is 19.9. The Bertz CT molecular complexity index is 1150. The van der Waals surface area contributed by atoms with Gasteiger partial charge in [0.2, 0.25) is 0 Å². The first-order valence-electron chi connectivity index (χ1n) is 14.2. The van der Waals surface area contributed by atoms with Crippen molar-refractivity contribution in [3.05, 3.63) is 65.0 Å². The number of hydrogen-bond acceptors (Lipinski definition) is 4. The molecule has 1 aliphatic carbocycles. The lowest BCUT2D eigenvalue weighted by Gasteiger charge is -2.50. The van der Waals surface area contributed by atoms with Crippen LogP contribution in [0.15, 0.2) is 42.5 Å². The number of piperidine rings is 2. The van der Waals surface area contributed by atoms with Crippen molar-refractivity contribution < 1.29 is 13.9 Å². The predicted octanol–water partition coefficient (Wildman–Crippen LogP) is 5.89. The third kappa shape index (κ3) is 4.62. The molecule has 0 radical (unpaired) electrons. The third-order valence-corrected chi connectivity index (χ3v) is 9.69. The number of ether oxygens (including phenoxy) is 1. The lowest BCUT2D eigenvalue weighted by atomic mass is 9.68. The highest BCUT2D eigenvalue weighted by Crippen LogP contribution is 2.45. The summed E-state index contributed by atoms with van der Waals surface area (Å²) in [4.78, 5) is 19.7. The second-order valence-electron chi connectivity index (χ2n) is 11.8. The van der Waals surface area contributed by atoms with E-state index >= 15 is 0 Å². The molecule has 4 aliphatic heterocycles. The molecule has 1 spiro atoms. The van der Waals surface area contributed by atoms with E-state index in [0.29, 0.717) is 30.2 Å². The lowest BCUT2D eigenvalue weighted by molar-refractivity contribution is 0.0660. The van der Waals surface area contributed by atoms with E-state index < -0.39 is 0 Å². The van der Waals surface area contributed by atoms with Crippen molar-refractivity contribution in [3.8, 4) is 0 Å². The molecule has 3 saturated heterocycles. The van der Waals surface area contributed by atoms with Crippen molar-refractivity contribution in [1.82, 2.24) is 9.80 Å². The van der Waals surface area contributed by atoms with Gasteiger partial charge < -0.3 is 19.4 Å². The third-order valence-electron chi connectivity index (χ3n) is 9.69. The number of carbonyl (C=O) groups is 1. The van der Waals surface area contributed by atoms with Gasteiger partial charge in [-0.2, -0.15) is 0 Å². The van der Waals surface area contributed by atoms with Gasteiger partial charge in [-0.25, -0.2) is 9.18 Å². The van der Waals surface area contributed by atoms with Crippen LogP contribution >= 0.6 is 0 Å². The number of hydrogen-bond donors (Lipinski definition) is 0. The van der Waals surface area contributed by atoms with Gasteiger partial charge in [0.25, 0.3) is 0 Å². The van der Waals surface area contributed by atoms with Gasteiger partial charge in [-0.1, -0.05) is 30.3 Å². The number of rotatable bonds is 3. The van der Waals surface area contributed by atoms with Gasteiger partial charge in [0.05, 0.1) is 6.61 Å². The summed E-state index contributed by atoms with van der Waals surface area (Å²) in [6, 6.07) is 15.4. The molecule has 0 N–H and O–H groups in total. The molecule has 198 valence electrons. The van der Waals surface area contributed by atoms with E-state index in [9.17, 15) is 9.18 Å². The van der Waals surface area contributed by atoms with Crippen LogP contribution in [-0.4, -0.2) is 60.8 Å². The van der Waals surface area contributed by atoms with Crippen LogP contribution in [-0.2, 0) is 16.7 Å². The fourth-order valence-corrected chi connectivity index (χ4v) is 7.66. The molecule has 1 saturated carbocycles. The lowest BCUT2D eigenvalue weighted by Crippen LogP contribution is -2.54. The minimum absolute atomic E-state index is 0.0907. The number of nitrogens with zero attached hydrogens (tertiary/aromatic N) is 3. The molecule has 7 rings (SSSR count). The topological polar surface area (TPSA) is 36.0 Å². The first kappa shape index (κ1) is 24.7. The maximum absolute atomic E-state index is 14.5. The van der Waals surface area contributed by atoms with Gasteiger partial charge >= 0.3 is 6.09 Å². The van der Waals surface area contributed by atoms with Gasteiger partial charge in [0.15, 0.2) is 0 Å². The molecule has 1 amide bonds. The van der Waals surface area contributed by atoms with E-state index in [0.717, 1.165) is 64.1 Å². The summed E-state index contributed by atoms with van der Waals surface area (Å²) in [5, 5.41) is 0. The zero-order valence-corrected chi connectivity index (χ0v) is 22.3. The highest BCUT2D eigenvalue weighted by atomic mass is 19.1. The van der Waals surface area contributed by atoms with Crippen LogP contribution in [0.3, 0.4) is 0 Å². The molecule has 4 heterocycles. The Balaban J connectivity index is 1.20. The summed E-state index contributed by atoms with van der Waals surface area (Å²) in [5.41, 5.74) is 4.64. The summed E-state index contributed by atoms with van der Waals surface area (Å²) in [7, 11) is 0. The first-order valence-corrected chi connectivity index (χ1v) is 14.2. The summed E-state index contributed by atoms with van der Waals surface area (Å²) >= 11 is 0. The van der Waals surface area contributed by atoms with Gasteiger partial charge in [-0.3, -0.25) is 0 Å². The van der Waals surface area contributed by atoms with Crippen LogP contribution < -0.4 is 4.90 Å². The molecule has 2 bridgehead atoms. The maximum atomic E-state index is 14.5. The van der Waals surface area contributed by atoms with E-state index in [-0.39, 0.29) is 17.3 Å². The van der Waals surface area contributed by atoms with Crippen molar-refractivity contribution in [2.24, 2.45) is 5.92 Å². The number of carbonyl (C=O) groups excluding carboxylic acids is 1. The number of fused-ring (bicyclic) bond motifs is 6. The van der Waals surface area contributed by atoms with Crippen molar-refractivity contribution in [1.29, 1.82) is 0 Å². The standard InChI is InChI=1S/C31H40FN3O2/c1-3-37-30(36)35-19-23-9-11-26(35)17-27(16-23)33-14-12-31(13-15-33)21-34(20-24-6-4-5-7-28(24)31)25-10-8-22(2)29(32)18-25/h4-8,10,18,23,26-27H,3,9,11-17,19-21H2,1-2H3. The molecule has 5 aliphatic rings. The number of aryl methyl sites for hydroxylation is 1. The van der Waals surface area contributed by atoms with E-state index in [2.05, 4.69) is 40.1 Å². The van der Waals surface area contributed by atoms with Crippen LogP contribution in [0.1, 0.15) is 62.1 Å². The largest absolute Gasteiger partial charge is 0.450 e. The van der Waals surface area contributed by atoms with Gasteiger partial charge in [0.1, 0.15) is 5.82 Å². The summed E-state index contributed by atoms with van der Waals surface area (Å²) in [6.45, 7) is 8.94. The number of benzene rings is 2. The SMILES string of the molecule is CCOC(=O)N1CC2CCC1CC(N1CCC3(CC1)CN(c1ccc(C)c(F)c1)Cc1ccccc13)C2. The second kappa shape index (κ2) is 9.94. The average molecular weight is 506 g/mol. The Morgan fingerprint density at radius 3 is 2.68 bits per heavy atom. The molecular weight excluding hydrogens is 465 g/mol. The average Bonchev–Trinajstić information content (AvgIpc) is 3.23. The summed E-state index contributed by atoms with van der Waals surface area (Å²) in [6.07, 6.45) is 6.68. The molecule has 2 aromatic rings. The number of likely N-dealkylation sites (tertiary alicyclic amines) is 1. The molecule has 3 atom stereocenters. The Morgan fingerprint density at radius 2 is 1.89 bits per heavy atom. The Kier molecular flexibility index (Phi) is 6.64. The van der Waals surface area contributed by atoms with Gasteiger partial charge in [-0.05, 0) is 100 Å². The van der Waals surface area contributed by atoms with E-state index in [1.165, 1.54) is 24.0 Å². The van der Waals surface area contributed by atoms with Crippen LogP contribution in [0.5, 0.6) is 0 Å². The Hall–Kier alpha value is -2.60. The van der Waals surface area contributed by atoms with Crippen molar-refractivity contribution in [3.63, 3.8) is 0 Å². The maximum Gasteiger partial charge on any atom is 0.410 e. The highest BCUT2D eigenvalue weighted by Gasteiger charge is 2.45. The molecule has 4 fully saturated rings. The van der Waals surface area contributed by atoms with Crippen LogP contribution in [0, 0.1) is 18.7 Å². The Morgan fingerprint density at radius 1 is 1.08 bits per heavy atom. The molecule has 3 unspecified atom stereocenters. The number of anilines is 1. The minimum Gasteiger partial charge on any atom is -0.450 e. The normalized spacial score (nSPS) is 27.2. The zero-order valence-electron chi connectivity index (χ0n) is 22.3. The highest BCUT2D eigenvalue weighted by molar-refractivity contribution is 5.68. The Labute approximate surface area is 220 Å². The quantitative estimate of drug-likeness (QED) is 0.521. The smallest absolute Gasteiger partial charge is 0.410 e. The fraction of sp³-hybridized carbons (Fsp3) is 0.581. The predicted molar refractivity (Wildman–Crippen MR) is 144 cm³/mol. The van der Waals surface area contributed by atoms with Gasteiger partial charge in [-0.15, -0.1) is 0 Å². The van der Waals surface area contributed by atoms with E-state index in [1.54, 1.807) is 6.07 Å². The van der Waals surface area contributed by atoms with Crippen LogP contribution in [0.25, 0.3) is 0 Å². The van der Waals surface area contributed by atoms with Crippen LogP contribution in [0.4, 0.5) is 14.9 Å².